The van der Waals surface area contributed by atoms with Crippen molar-refractivity contribution in [1.29, 1.82) is 0 Å². The number of carbonyl (C=O) groups excluding carboxylic acids is 2. The molecular weight excluding hydrogens is 288 g/mol. The quantitative estimate of drug-likeness (QED) is 0.842. The summed E-state index contributed by atoms with van der Waals surface area (Å²) in [6.07, 6.45) is 4.14. The molecule has 1 aliphatic carbocycles. The van der Waals surface area contributed by atoms with Crippen molar-refractivity contribution in [3.63, 3.8) is 0 Å². The third kappa shape index (κ3) is 3.41. The normalized spacial score (nSPS) is 19.2. The van der Waals surface area contributed by atoms with E-state index in [1.54, 1.807) is 0 Å². The van der Waals surface area contributed by atoms with Crippen LogP contribution in [0.25, 0.3) is 0 Å². The Bertz CT molecular complexity index is 607. The van der Waals surface area contributed by atoms with Crippen molar-refractivity contribution >= 4 is 11.8 Å². The van der Waals surface area contributed by atoms with E-state index in [1.165, 1.54) is 12.0 Å². The maximum absolute atomic E-state index is 12.7. The summed E-state index contributed by atoms with van der Waals surface area (Å²) in [5.74, 6) is 0.639. The van der Waals surface area contributed by atoms with Crippen LogP contribution in [0.15, 0.2) is 18.2 Å². The van der Waals surface area contributed by atoms with Gasteiger partial charge >= 0.3 is 0 Å². The van der Waals surface area contributed by atoms with Crippen LogP contribution in [0.1, 0.15) is 47.2 Å². The van der Waals surface area contributed by atoms with Crippen LogP contribution < -0.4 is 0 Å². The average molecular weight is 314 g/mol. The highest BCUT2D eigenvalue weighted by Gasteiger charge is 2.31. The predicted molar refractivity (Wildman–Crippen MR) is 90.4 cm³/mol. The van der Waals surface area contributed by atoms with E-state index in [4.69, 9.17) is 0 Å². The molecule has 1 heterocycles. The molecule has 0 spiro atoms. The first-order chi connectivity index (χ1) is 11.1. The Labute approximate surface area is 138 Å². The van der Waals surface area contributed by atoms with Crippen LogP contribution in [0.4, 0.5) is 0 Å². The van der Waals surface area contributed by atoms with Gasteiger partial charge in [0.05, 0.1) is 0 Å². The molecule has 4 heteroatoms. The standard InChI is InChI=1S/C19H26N2O2/c1-14-7-8-17(13-15(14)2)19(23)21-10-4-9-20(11-12-21)18(22)16-5-3-6-16/h7-8,13,16H,3-6,9-12H2,1-2H3. The van der Waals surface area contributed by atoms with Crippen molar-refractivity contribution in [1.82, 2.24) is 9.80 Å². The number of rotatable bonds is 2. The van der Waals surface area contributed by atoms with E-state index in [0.29, 0.717) is 19.0 Å². The van der Waals surface area contributed by atoms with E-state index in [2.05, 4.69) is 6.92 Å². The highest BCUT2D eigenvalue weighted by molar-refractivity contribution is 5.94. The first kappa shape index (κ1) is 16.0. The molecule has 1 aliphatic heterocycles. The third-order valence-corrected chi connectivity index (χ3v) is 5.30. The SMILES string of the molecule is Cc1ccc(C(=O)N2CCCN(C(=O)C3CCC3)CC2)cc1C. The Hall–Kier alpha value is -1.84. The van der Waals surface area contributed by atoms with E-state index in [-0.39, 0.29) is 11.8 Å². The van der Waals surface area contributed by atoms with Crippen LogP contribution in [-0.4, -0.2) is 47.8 Å². The van der Waals surface area contributed by atoms with Gasteiger partial charge in [-0.25, -0.2) is 0 Å². The predicted octanol–water partition coefficient (Wildman–Crippen LogP) is 2.78. The fourth-order valence-corrected chi connectivity index (χ4v) is 3.31. The summed E-state index contributed by atoms with van der Waals surface area (Å²) in [6.45, 7) is 6.93. The van der Waals surface area contributed by atoms with Gasteiger partial charge < -0.3 is 9.80 Å². The second-order valence-corrected chi connectivity index (χ2v) is 6.90. The lowest BCUT2D eigenvalue weighted by atomic mass is 9.84. The van der Waals surface area contributed by atoms with Gasteiger partial charge in [0.25, 0.3) is 5.91 Å². The van der Waals surface area contributed by atoms with Crippen LogP contribution in [0, 0.1) is 19.8 Å². The molecule has 0 bridgehead atoms. The lowest BCUT2D eigenvalue weighted by Gasteiger charge is -2.31. The van der Waals surface area contributed by atoms with Gasteiger partial charge in [-0.2, -0.15) is 0 Å². The van der Waals surface area contributed by atoms with Gasteiger partial charge in [-0.05, 0) is 56.4 Å². The Morgan fingerprint density at radius 2 is 1.61 bits per heavy atom. The Morgan fingerprint density at radius 3 is 2.26 bits per heavy atom. The molecule has 0 radical (unpaired) electrons. The van der Waals surface area contributed by atoms with Crippen molar-refractivity contribution < 1.29 is 9.59 Å². The zero-order chi connectivity index (χ0) is 16.4. The smallest absolute Gasteiger partial charge is 0.253 e. The summed E-state index contributed by atoms with van der Waals surface area (Å²) in [7, 11) is 0. The van der Waals surface area contributed by atoms with Gasteiger partial charge in [-0.3, -0.25) is 9.59 Å². The maximum atomic E-state index is 12.7. The highest BCUT2D eigenvalue weighted by atomic mass is 16.2. The van der Waals surface area contributed by atoms with E-state index in [1.807, 2.05) is 34.9 Å². The zero-order valence-electron chi connectivity index (χ0n) is 14.2. The summed E-state index contributed by atoms with van der Waals surface area (Å²) in [4.78, 5) is 29.0. The first-order valence-corrected chi connectivity index (χ1v) is 8.71. The minimum absolute atomic E-state index is 0.0889. The van der Waals surface area contributed by atoms with E-state index >= 15 is 0 Å². The minimum atomic E-state index is 0.0889. The molecule has 0 unspecified atom stereocenters. The molecule has 4 nitrogen and oxygen atoms in total. The van der Waals surface area contributed by atoms with Gasteiger partial charge in [-0.1, -0.05) is 12.5 Å². The summed E-state index contributed by atoms with van der Waals surface area (Å²) in [6, 6.07) is 5.89. The van der Waals surface area contributed by atoms with Crippen LogP contribution in [-0.2, 0) is 4.79 Å². The zero-order valence-corrected chi connectivity index (χ0v) is 14.2. The van der Waals surface area contributed by atoms with Crippen molar-refractivity contribution in [3.05, 3.63) is 34.9 Å². The minimum Gasteiger partial charge on any atom is -0.341 e. The van der Waals surface area contributed by atoms with Crippen LogP contribution >= 0.6 is 0 Å². The Kier molecular flexibility index (Phi) is 4.69. The van der Waals surface area contributed by atoms with Crippen LogP contribution in [0.3, 0.4) is 0 Å². The molecular formula is C19H26N2O2. The summed E-state index contributed by atoms with van der Waals surface area (Å²) < 4.78 is 0. The molecule has 1 saturated heterocycles. The number of nitrogens with zero attached hydrogens (tertiary/aromatic N) is 2. The number of aryl methyl sites for hydroxylation is 2. The molecule has 2 fully saturated rings. The molecule has 1 aromatic carbocycles. The van der Waals surface area contributed by atoms with E-state index in [9.17, 15) is 9.59 Å². The monoisotopic (exact) mass is 314 g/mol. The molecule has 23 heavy (non-hydrogen) atoms. The van der Waals surface area contributed by atoms with Crippen molar-refractivity contribution in [3.8, 4) is 0 Å². The van der Waals surface area contributed by atoms with Crippen molar-refractivity contribution in [2.45, 2.75) is 39.5 Å². The molecule has 0 atom stereocenters. The molecule has 0 N–H and O–H groups in total. The van der Waals surface area contributed by atoms with Gasteiger partial charge in [-0.15, -0.1) is 0 Å². The molecule has 124 valence electrons. The molecule has 2 aliphatic rings. The van der Waals surface area contributed by atoms with Crippen LogP contribution in [0.5, 0.6) is 0 Å². The topological polar surface area (TPSA) is 40.6 Å². The van der Waals surface area contributed by atoms with Gasteiger partial charge in [0.15, 0.2) is 0 Å². The summed E-state index contributed by atoms with van der Waals surface area (Å²) >= 11 is 0. The fourth-order valence-electron chi connectivity index (χ4n) is 3.31. The van der Waals surface area contributed by atoms with Crippen LogP contribution in [0.2, 0.25) is 0 Å². The first-order valence-electron chi connectivity index (χ1n) is 8.71. The molecule has 3 rings (SSSR count). The molecule has 0 aromatic heterocycles. The summed E-state index contributed by atoms with van der Waals surface area (Å²) in [5.41, 5.74) is 3.11. The second kappa shape index (κ2) is 6.73. The Morgan fingerprint density at radius 1 is 0.913 bits per heavy atom. The number of carbonyl (C=O) groups is 2. The largest absolute Gasteiger partial charge is 0.341 e. The van der Waals surface area contributed by atoms with E-state index < -0.39 is 0 Å². The number of hydrogen-bond acceptors (Lipinski definition) is 2. The number of benzene rings is 1. The Balaban J connectivity index is 1.63. The van der Waals surface area contributed by atoms with E-state index in [0.717, 1.165) is 43.5 Å². The van der Waals surface area contributed by atoms with Gasteiger partial charge in [0, 0.05) is 37.7 Å². The molecule has 2 amide bonds. The third-order valence-electron chi connectivity index (χ3n) is 5.30. The summed E-state index contributed by atoms with van der Waals surface area (Å²) in [5, 5.41) is 0. The average Bonchev–Trinajstić information content (AvgIpc) is 2.73. The molecule has 1 saturated carbocycles. The maximum Gasteiger partial charge on any atom is 0.253 e. The number of hydrogen-bond donors (Lipinski definition) is 0. The fraction of sp³-hybridized carbons (Fsp3) is 0.579. The lowest BCUT2D eigenvalue weighted by molar-refractivity contribution is -0.138. The number of amides is 2. The van der Waals surface area contributed by atoms with Crippen molar-refractivity contribution in [2.75, 3.05) is 26.2 Å². The lowest BCUT2D eigenvalue weighted by Crippen LogP contribution is -2.41. The van der Waals surface area contributed by atoms with Gasteiger partial charge in [0.1, 0.15) is 0 Å². The second-order valence-electron chi connectivity index (χ2n) is 6.90. The van der Waals surface area contributed by atoms with Gasteiger partial charge in [0.2, 0.25) is 5.91 Å². The molecule has 1 aromatic rings. The highest BCUT2D eigenvalue weighted by Crippen LogP contribution is 2.28. The van der Waals surface area contributed by atoms with Crippen molar-refractivity contribution in [2.24, 2.45) is 5.92 Å².